The number of nitrogens with zero attached hydrogens (tertiary/aromatic N) is 1. The Bertz CT molecular complexity index is 244. The summed E-state index contributed by atoms with van der Waals surface area (Å²) in [5.41, 5.74) is 6.09. The van der Waals surface area contributed by atoms with Gasteiger partial charge in [-0.25, -0.2) is 0 Å². The van der Waals surface area contributed by atoms with Crippen molar-refractivity contribution < 1.29 is 4.74 Å². The van der Waals surface area contributed by atoms with Crippen molar-refractivity contribution in [3.63, 3.8) is 0 Å². The first-order valence-corrected chi connectivity index (χ1v) is 7.19. The van der Waals surface area contributed by atoms with Crippen molar-refractivity contribution in [1.29, 1.82) is 0 Å². The van der Waals surface area contributed by atoms with Crippen LogP contribution in [0.3, 0.4) is 0 Å². The number of likely N-dealkylation sites (tertiary alicyclic amines) is 1. The lowest BCUT2D eigenvalue weighted by atomic mass is 9.89. The number of nitrogens with two attached hydrogens (primary N) is 1. The maximum absolute atomic E-state index is 6.09. The SMILES string of the molecule is CC(C)C1CC(N2CCC(N)C(C)C2)CCO1. The Kier molecular flexibility index (Phi) is 4.45. The van der Waals surface area contributed by atoms with Crippen LogP contribution in [0, 0.1) is 11.8 Å². The molecule has 0 bridgehead atoms. The minimum atomic E-state index is 0.409. The maximum atomic E-state index is 6.09. The smallest absolute Gasteiger partial charge is 0.0612 e. The van der Waals surface area contributed by atoms with Crippen LogP contribution in [0.5, 0.6) is 0 Å². The predicted octanol–water partition coefficient (Wildman–Crippen LogP) is 1.86. The molecule has 0 radical (unpaired) electrons. The lowest BCUT2D eigenvalue weighted by molar-refractivity contribution is -0.0553. The van der Waals surface area contributed by atoms with Crippen LogP contribution in [0.2, 0.25) is 0 Å². The summed E-state index contributed by atoms with van der Waals surface area (Å²) in [5, 5.41) is 0. The summed E-state index contributed by atoms with van der Waals surface area (Å²) in [5.74, 6) is 1.28. The fraction of sp³-hybridized carbons (Fsp3) is 1.00. The zero-order valence-corrected chi connectivity index (χ0v) is 11.6. The van der Waals surface area contributed by atoms with Gasteiger partial charge in [0.05, 0.1) is 6.10 Å². The van der Waals surface area contributed by atoms with Gasteiger partial charge < -0.3 is 10.5 Å². The molecule has 17 heavy (non-hydrogen) atoms. The topological polar surface area (TPSA) is 38.5 Å². The summed E-state index contributed by atoms with van der Waals surface area (Å²) in [7, 11) is 0. The summed E-state index contributed by atoms with van der Waals surface area (Å²) >= 11 is 0. The predicted molar refractivity (Wildman–Crippen MR) is 70.9 cm³/mol. The van der Waals surface area contributed by atoms with Crippen LogP contribution >= 0.6 is 0 Å². The molecule has 3 heteroatoms. The van der Waals surface area contributed by atoms with Crippen molar-refractivity contribution in [2.45, 2.75) is 58.2 Å². The molecule has 0 saturated carbocycles. The minimum absolute atomic E-state index is 0.409. The Hall–Kier alpha value is -0.120. The van der Waals surface area contributed by atoms with Crippen molar-refractivity contribution in [3.05, 3.63) is 0 Å². The van der Waals surface area contributed by atoms with Gasteiger partial charge in [0.25, 0.3) is 0 Å². The fourth-order valence-electron chi connectivity index (χ4n) is 3.13. The molecular formula is C14H28N2O. The van der Waals surface area contributed by atoms with Gasteiger partial charge >= 0.3 is 0 Å². The second kappa shape index (κ2) is 5.68. The van der Waals surface area contributed by atoms with Gasteiger partial charge in [-0.3, -0.25) is 4.90 Å². The Morgan fingerprint density at radius 3 is 2.71 bits per heavy atom. The highest BCUT2D eigenvalue weighted by Crippen LogP contribution is 2.27. The second-order valence-corrected chi connectivity index (χ2v) is 6.26. The Balaban J connectivity index is 1.89. The van der Waals surface area contributed by atoms with E-state index >= 15 is 0 Å². The van der Waals surface area contributed by atoms with E-state index in [1.54, 1.807) is 0 Å². The molecule has 3 nitrogen and oxygen atoms in total. The largest absolute Gasteiger partial charge is 0.378 e. The molecule has 2 heterocycles. The van der Waals surface area contributed by atoms with E-state index in [0.29, 0.717) is 24.0 Å². The molecule has 0 amide bonds. The normalized spacial score (nSPS) is 40.8. The van der Waals surface area contributed by atoms with E-state index in [1.807, 2.05) is 0 Å². The molecule has 4 atom stereocenters. The van der Waals surface area contributed by atoms with Gasteiger partial charge in [0.2, 0.25) is 0 Å². The van der Waals surface area contributed by atoms with Gasteiger partial charge in [-0.1, -0.05) is 20.8 Å². The van der Waals surface area contributed by atoms with E-state index in [1.165, 1.54) is 25.9 Å². The van der Waals surface area contributed by atoms with E-state index in [0.717, 1.165) is 19.1 Å². The van der Waals surface area contributed by atoms with Crippen LogP contribution in [0.15, 0.2) is 0 Å². The third-order valence-electron chi connectivity index (χ3n) is 4.55. The number of hydrogen-bond donors (Lipinski definition) is 1. The molecule has 100 valence electrons. The molecule has 2 aliphatic rings. The van der Waals surface area contributed by atoms with E-state index in [2.05, 4.69) is 25.7 Å². The van der Waals surface area contributed by atoms with E-state index in [4.69, 9.17) is 10.5 Å². The molecule has 0 aromatic heterocycles. The van der Waals surface area contributed by atoms with Crippen molar-refractivity contribution in [2.24, 2.45) is 17.6 Å². The summed E-state index contributed by atoms with van der Waals surface area (Å²) in [6.45, 7) is 10.1. The lowest BCUT2D eigenvalue weighted by Gasteiger charge is -2.43. The molecule has 2 fully saturated rings. The second-order valence-electron chi connectivity index (χ2n) is 6.26. The quantitative estimate of drug-likeness (QED) is 0.800. The molecule has 2 rings (SSSR count). The van der Waals surface area contributed by atoms with Crippen molar-refractivity contribution in [2.75, 3.05) is 19.7 Å². The van der Waals surface area contributed by atoms with Gasteiger partial charge in [-0.15, -0.1) is 0 Å². The van der Waals surface area contributed by atoms with E-state index < -0.39 is 0 Å². The summed E-state index contributed by atoms with van der Waals surface area (Å²) < 4.78 is 5.86. The summed E-state index contributed by atoms with van der Waals surface area (Å²) in [6.07, 6.45) is 4.02. The first kappa shape index (κ1) is 13.3. The molecule has 0 aromatic rings. The van der Waals surface area contributed by atoms with Gasteiger partial charge in [0.15, 0.2) is 0 Å². The van der Waals surface area contributed by atoms with Gasteiger partial charge in [-0.05, 0) is 37.6 Å². The number of piperidine rings is 1. The fourth-order valence-corrected chi connectivity index (χ4v) is 3.13. The number of hydrogen-bond acceptors (Lipinski definition) is 3. The molecule has 0 aromatic carbocycles. The molecule has 2 aliphatic heterocycles. The molecular weight excluding hydrogens is 212 g/mol. The van der Waals surface area contributed by atoms with Crippen molar-refractivity contribution >= 4 is 0 Å². The van der Waals surface area contributed by atoms with Gasteiger partial charge in [0.1, 0.15) is 0 Å². The third-order valence-corrected chi connectivity index (χ3v) is 4.55. The third kappa shape index (κ3) is 3.21. The molecule has 2 N–H and O–H groups in total. The molecule has 2 saturated heterocycles. The van der Waals surface area contributed by atoms with Crippen LogP contribution in [0.25, 0.3) is 0 Å². The van der Waals surface area contributed by atoms with E-state index in [-0.39, 0.29) is 0 Å². The Morgan fingerprint density at radius 2 is 2.06 bits per heavy atom. The molecule has 0 spiro atoms. The first-order valence-electron chi connectivity index (χ1n) is 7.19. The van der Waals surface area contributed by atoms with E-state index in [9.17, 15) is 0 Å². The monoisotopic (exact) mass is 240 g/mol. The summed E-state index contributed by atoms with van der Waals surface area (Å²) in [6, 6.07) is 1.14. The van der Waals surface area contributed by atoms with Crippen LogP contribution in [-0.4, -0.2) is 42.8 Å². The minimum Gasteiger partial charge on any atom is -0.378 e. The standard InChI is InChI=1S/C14H28N2O/c1-10(2)14-8-12(5-7-17-14)16-6-4-13(15)11(3)9-16/h10-14H,4-9,15H2,1-3H3. The number of rotatable bonds is 2. The average Bonchev–Trinajstić information content (AvgIpc) is 2.33. The first-order chi connectivity index (χ1) is 8.08. The number of ether oxygens (including phenoxy) is 1. The molecule has 0 aliphatic carbocycles. The zero-order valence-electron chi connectivity index (χ0n) is 11.6. The molecule has 4 unspecified atom stereocenters. The lowest BCUT2D eigenvalue weighted by Crippen LogP contribution is -2.52. The highest BCUT2D eigenvalue weighted by Gasteiger charge is 2.32. The van der Waals surface area contributed by atoms with Crippen LogP contribution in [-0.2, 0) is 4.74 Å². The highest BCUT2D eigenvalue weighted by molar-refractivity contribution is 4.87. The van der Waals surface area contributed by atoms with Crippen LogP contribution in [0.4, 0.5) is 0 Å². The van der Waals surface area contributed by atoms with Crippen LogP contribution < -0.4 is 5.73 Å². The van der Waals surface area contributed by atoms with Gasteiger partial charge in [0, 0.05) is 25.2 Å². The Morgan fingerprint density at radius 1 is 1.29 bits per heavy atom. The zero-order chi connectivity index (χ0) is 12.4. The Labute approximate surface area is 106 Å². The van der Waals surface area contributed by atoms with Crippen molar-refractivity contribution in [3.8, 4) is 0 Å². The maximum Gasteiger partial charge on any atom is 0.0612 e. The average molecular weight is 240 g/mol. The van der Waals surface area contributed by atoms with Gasteiger partial charge in [-0.2, -0.15) is 0 Å². The summed E-state index contributed by atoms with van der Waals surface area (Å²) in [4.78, 5) is 2.66. The van der Waals surface area contributed by atoms with Crippen LogP contribution in [0.1, 0.15) is 40.0 Å². The highest BCUT2D eigenvalue weighted by atomic mass is 16.5. The van der Waals surface area contributed by atoms with Crippen molar-refractivity contribution in [1.82, 2.24) is 4.90 Å².